The summed E-state index contributed by atoms with van der Waals surface area (Å²) in [5.74, 6) is -0.337. The van der Waals surface area contributed by atoms with Gasteiger partial charge in [0.25, 0.3) is 0 Å². The van der Waals surface area contributed by atoms with Gasteiger partial charge in [0.15, 0.2) is 0 Å². The summed E-state index contributed by atoms with van der Waals surface area (Å²) in [6.45, 7) is 2.13. The molecule has 6 nitrogen and oxygen atoms in total. The maximum Gasteiger partial charge on any atom is 0.305 e. The summed E-state index contributed by atoms with van der Waals surface area (Å²) in [6, 6.07) is 7.67. The van der Waals surface area contributed by atoms with Crippen LogP contribution in [0.4, 0.5) is 0 Å². The van der Waals surface area contributed by atoms with Gasteiger partial charge in [-0.3, -0.25) is 9.78 Å². The molecule has 0 spiro atoms. The number of aliphatic hydroxyl groups is 3. The second-order valence-electron chi connectivity index (χ2n) is 7.54. The molecule has 1 heterocycles. The molecule has 0 aliphatic heterocycles. The molecule has 0 fully saturated rings. The van der Waals surface area contributed by atoms with E-state index >= 15 is 0 Å². The molecule has 30 heavy (non-hydrogen) atoms. The number of ether oxygens (including phenoxy) is 1. The number of fused-ring (bicyclic) bond motifs is 1. The van der Waals surface area contributed by atoms with Gasteiger partial charge in [-0.2, -0.15) is 0 Å². The van der Waals surface area contributed by atoms with Crippen molar-refractivity contribution in [3.8, 4) is 0 Å². The van der Waals surface area contributed by atoms with Crippen LogP contribution in [-0.4, -0.2) is 45.6 Å². The Balaban J connectivity index is 2.17. The Bertz CT molecular complexity index is 835. The molecule has 2 aromatic rings. The van der Waals surface area contributed by atoms with Crippen molar-refractivity contribution in [2.24, 2.45) is 0 Å². The van der Waals surface area contributed by atoms with Crippen molar-refractivity contribution in [2.75, 3.05) is 7.11 Å². The Labute approximate surface area is 178 Å². The number of para-hydroxylation sites is 1. The largest absolute Gasteiger partial charge is 0.469 e. The zero-order chi connectivity index (χ0) is 21.9. The lowest BCUT2D eigenvalue weighted by Crippen LogP contribution is -2.23. The molecule has 6 heteroatoms. The Morgan fingerprint density at radius 1 is 1.13 bits per heavy atom. The van der Waals surface area contributed by atoms with E-state index in [0.29, 0.717) is 12.8 Å². The fourth-order valence-electron chi connectivity index (χ4n) is 3.47. The van der Waals surface area contributed by atoms with Crippen LogP contribution in [0, 0.1) is 0 Å². The summed E-state index contributed by atoms with van der Waals surface area (Å²) in [7, 11) is 1.32. The van der Waals surface area contributed by atoms with Gasteiger partial charge in [0.1, 0.15) is 0 Å². The highest BCUT2D eigenvalue weighted by Gasteiger charge is 2.17. The van der Waals surface area contributed by atoms with E-state index in [-0.39, 0.29) is 18.8 Å². The Morgan fingerprint density at radius 3 is 2.63 bits per heavy atom. The molecule has 0 saturated carbocycles. The Kier molecular flexibility index (Phi) is 9.94. The highest BCUT2D eigenvalue weighted by molar-refractivity contribution is 5.85. The van der Waals surface area contributed by atoms with Crippen LogP contribution < -0.4 is 0 Å². The third-order valence-corrected chi connectivity index (χ3v) is 5.24. The van der Waals surface area contributed by atoms with Crippen LogP contribution in [0.15, 0.2) is 36.5 Å². The normalized spacial score (nSPS) is 14.7. The first-order valence-electron chi connectivity index (χ1n) is 10.6. The van der Waals surface area contributed by atoms with Crippen LogP contribution in [0.3, 0.4) is 0 Å². The Morgan fingerprint density at radius 2 is 1.90 bits per heavy atom. The maximum absolute atomic E-state index is 11.2. The first-order valence-corrected chi connectivity index (χ1v) is 10.6. The number of carbonyl (C=O) groups excluding carboxylic acids is 1. The molecule has 0 amide bonds. The van der Waals surface area contributed by atoms with Crippen molar-refractivity contribution in [3.63, 3.8) is 0 Å². The molecule has 0 aliphatic carbocycles. The van der Waals surface area contributed by atoms with E-state index in [0.717, 1.165) is 41.3 Å². The highest BCUT2D eigenvalue weighted by Crippen LogP contribution is 2.30. The highest BCUT2D eigenvalue weighted by atomic mass is 16.5. The fourth-order valence-corrected chi connectivity index (χ4v) is 3.47. The molecule has 0 saturated heterocycles. The number of pyridine rings is 1. The molecule has 3 atom stereocenters. The van der Waals surface area contributed by atoms with E-state index < -0.39 is 18.3 Å². The number of unbranched alkanes of at least 4 members (excludes halogenated alkanes) is 2. The second-order valence-corrected chi connectivity index (χ2v) is 7.54. The smallest absolute Gasteiger partial charge is 0.305 e. The maximum atomic E-state index is 11.2. The lowest BCUT2D eigenvalue weighted by Gasteiger charge is -2.17. The quantitative estimate of drug-likeness (QED) is 0.359. The monoisotopic (exact) mass is 415 g/mol. The summed E-state index contributed by atoms with van der Waals surface area (Å²) < 4.78 is 4.58. The minimum Gasteiger partial charge on any atom is -0.469 e. The van der Waals surface area contributed by atoms with Gasteiger partial charge in [0.2, 0.25) is 0 Å². The van der Waals surface area contributed by atoms with Gasteiger partial charge in [0.05, 0.1) is 30.9 Å². The average molecular weight is 416 g/mol. The number of methoxy groups -OCH3 is 1. The standard InChI is InChI=1S/C24H33NO5/c1-3-4-5-11-22(28)24-17(16-25-19-10-7-6-9-18(19)24)14-15-21(27)20(26)12-8-13-23(29)30-2/h6-7,9-10,14-16,20-22,26-28H,3-5,8,11-13H2,1-2H3/b15-14+. The number of hydrogen-bond donors (Lipinski definition) is 3. The van der Waals surface area contributed by atoms with Crippen LogP contribution in [-0.2, 0) is 9.53 Å². The SMILES string of the molecule is CCCCCC(O)c1c(/C=C/C(O)C(O)CCCC(=O)OC)cnc2ccccc12. The zero-order valence-electron chi connectivity index (χ0n) is 17.8. The number of aromatic nitrogens is 1. The number of nitrogens with zero attached hydrogens (tertiary/aromatic N) is 1. The molecule has 3 unspecified atom stereocenters. The third-order valence-electron chi connectivity index (χ3n) is 5.24. The van der Waals surface area contributed by atoms with Crippen molar-refractivity contribution in [2.45, 2.75) is 70.2 Å². The van der Waals surface area contributed by atoms with Crippen molar-refractivity contribution >= 4 is 22.9 Å². The predicted octanol–water partition coefficient (Wildman–Crippen LogP) is 3.93. The van der Waals surface area contributed by atoms with Gasteiger partial charge in [0, 0.05) is 18.0 Å². The molecule has 2 rings (SSSR count). The van der Waals surface area contributed by atoms with Crippen molar-refractivity contribution in [3.05, 3.63) is 47.7 Å². The minimum atomic E-state index is -1.08. The van der Waals surface area contributed by atoms with E-state index in [1.807, 2.05) is 24.3 Å². The van der Waals surface area contributed by atoms with Gasteiger partial charge in [-0.15, -0.1) is 0 Å². The second kappa shape index (κ2) is 12.4. The van der Waals surface area contributed by atoms with E-state index in [9.17, 15) is 20.1 Å². The van der Waals surface area contributed by atoms with Crippen LogP contribution in [0.1, 0.15) is 69.1 Å². The number of esters is 1. The van der Waals surface area contributed by atoms with Crippen LogP contribution >= 0.6 is 0 Å². The number of hydrogen-bond acceptors (Lipinski definition) is 6. The summed E-state index contributed by atoms with van der Waals surface area (Å²) in [5.41, 5.74) is 2.32. The van der Waals surface area contributed by atoms with Crippen molar-refractivity contribution in [1.82, 2.24) is 4.98 Å². The van der Waals surface area contributed by atoms with E-state index in [1.165, 1.54) is 13.2 Å². The molecule has 0 bridgehead atoms. The third kappa shape index (κ3) is 6.90. The molecule has 0 radical (unpaired) electrons. The fraction of sp³-hybridized carbons (Fsp3) is 0.500. The molecule has 0 aliphatic rings. The van der Waals surface area contributed by atoms with Gasteiger partial charge < -0.3 is 20.1 Å². The minimum absolute atomic E-state index is 0.201. The van der Waals surface area contributed by atoms with Crippen LogP contribution in [0.5, 0.6) is 0 Å². The lowest BCUT2D eigenvalue weighted by molar-refractivity contribution is -0.140. The van der Waals surface area contributed by atoms with Gasteiger partial charge in [-0.25, -0.2) is 0 Å². The predicted molar refractivity (Wildman–Crippen MR) is 118 cm³/mol. The number of rotatable bonds is 12. The number of carbonyl (C=O) groups is 1. The van der Waals surface area contributed by atoms with E-state index in [1.54, 1.807) is 12.3 Å². The summed E-state index contributed by atoms with van der Waals surface area (Å²) >= 11 is 0. The van der Waals surface area contributed by atoms with Gasteiger partial charge >= 0.3 is 5.97 Å². The van der Waals surface area contributed by atoms with Crippen LogP contribution in [0.2, 0.25) is 0 Å². The number of aliphatic hydroxyl groups excluding tert-OH is 3. The van der Waals surface area contributed by atoms with Gasteiger partial charge in [-0.05, 0) is 36.5 Å². The molecule has 1 aromatic heterocycles. The lowest BCUT2D eigenvalue weighted by atomic mass is 9.94. The average Bonchev–Trinajstić information content (AvgIpc) is 2.76. The van der Waals surface area contributed by atoms with Crippen LogP contribution in [0.25, 0.3) is 17.0 Å². The zero-order valence-corrected chi connectivity index (χ0v) is 17.8. The van der Waals surface area contributed by atoms with E-state index in [4.69, 9.17) is 0 Å². The summed E-state index contributed by atoms with van der Waals surface area (Å²) in [4.78, 5) is 15.6. The summed E-state index contributed by atoms with van der Waals surface area (Å²) in [6.07, 6.45) is 6.82. The molecule has 164 valence electrons. The van der Waals surface area contributed by atoms with Crippen molar-refractivity contribution < 1.29 is 24.9 Å². The molecule has 3 N–H and O–H groups in total. The molecular formula is C24H33NO5. The molecule has 1 aromatic carbocycles. The first kappa shape index (κ1) is 24.0. The van der Waals surface area contributed by atoms with E-state index in [2.05, 4.69) is 16.6 Å². The van der Waals surface area contributed by atoms with Gasteiger partial charge in [-0.1, -0.05) is 56.5 Å². The topological polar surface area (TPSA) is 99.9 Å². The Hall–Kier alpha value is -2.28. The first-order chi connectivity index (χ1) is 14.5. The number of benzene rings is 1. The van der Waals surface area contributed by atoms with Crippen molar-refractivity contribution in [1.29, 1.82) is 0 Å². The summed E-state index contributed by atoms with van der Waals surface area (Å²) in [5, 5.41) is 32.2. The molecular weight excluding hydrogens is 382 g/mol.